The van der Waals surface area contributed by atoms with E-state index in [9.17, 15) is 5.21 Å². The number of nitrogens with zero attached hydrogens (tertiary/aromatic N) is 1. The second kappa shape index (κ2) is 3.36. The Morgan fingerprint density at radius 3 is 2.69 bits per heavy atom. The zero-order valence-electron chi connectivity index (χ0n) is 7.23. The number of aromatic nitrogens is 1. The molecule has 13 heavy (non-hydrogen) atoms. The third-order valence-electron chi connectivity index (χ3n) is 1.97. The first kappa shape index (κ1) is 8.54. The maximum atomic E-state index is 11.7. The molecule has 0 N–H and O–H groups in total. The summed E-state index contributed by atoms with van der Waals surface area (Å²) in [6.07, 6.45) is 0. The van der Waals surface area contributed by atoms with Gasteiger partial charge in [0.05, 0.1) is 0 Å². The van der Waals surface area contributed by atoms with Gasteiger partial charge in [0.1, 0.15) is 0 Å². The van der Waals surface area contributed by atoms with Gasteiger partial charge in [-0.1, -0.05) is 0 Å². The Balaban J connectivity index is 2.79. The number of para-hydroxylation sites is 1. The summed E-state index contributed by atoms with van der Waals surface area (Å²) in [7, 11) is 0. The molecule has 2 nitrogen and oxygen atoms in total. The third-order valence-corrected chi connectivity index (χ3v) is 3.48. The second-order valence-electron chi connectivity index (χ2n) is 2.73. The first-order valence-electron chi connectivity index (χ1n) is 3.98. The average Bonchev–Trinajstić information content (AvgIpc) is 2.19. The van der Waals surface area contributed by atoms with Crippen LogP contribution in [0.2, 0.25) is 5.82 Å². The Labute approximate surface area is 82.9 Å². The second-order valence-corrected chi connectivity index (χ2v) is 4.46. The van der Waals surface area contributed by atoms with Crippen LogP contribution in [0.25, 0.3) is 10.9 Å². The molecular formula is C10H9NOSe. The van der Waals surface area contributed by atoms with E-state index in [4.69, 9.17) is 0 Å². The van der Waals surface area contributed by atoms with Gasteiger partial charge in [0.25, 0.3) is 0 Å². The van der Waals surface area contributed by atoms with Gasteiger partial charge in [-0.05, 0) is 0 Å². The molecule has 0 atom stereocenters. The van der Waals surface area contributed by atoms with Gasteiger partial charge in [0, 0.05) is 0 Å². The summed E-state index contributed by atoms with van der Waals surface area (Å²) in [6.45, 7) is 0. The Kier molecular flexibility index (Phi) is 2.21. The zero-order chi connectivity index (χ0) is 9.26. The molecule has 1 aromatic carbocycles. The van der Waals surface area contributed by atoms with Crippen LogP contribution < -0.4 is 9.32 Å². The van der Waals surface area contributed by atoms with E-state index in [1.807, 2.05) is 42.2 Å². The van der Waals surface area contributed by atoms with E-state index in [0.29, 0.717) is 0 Å². The standard InChI is InChI=1S/C10H9NOSe/c1-13-10-7-6-8-4-2-3-5-9(8)11(10)12/h2-7H,1H3. The quantitative estimate of drug-likeness (QED) is 0.411. The topological polar surface area (TPSA) is 26.9 Å². The summed E-state index contributed by atoms with van der Waals surface area (Å²) in [4.78, 5) is 0. The van der Waals surface area contributed by atoms with Crippen LogP contribution in [0.1, 0.15) is 0 Å². The molecule has 1 heterocycles. The van der Waals surface area contributed by atoms with E-state index >= 15 is 0 Å². The molecule has 0 aliphatic rings. The Morgan fingerprint density at radius 1 is 1.15 bits per heavy atom. The SMILES string of the molecule is C[Se]c1ccc2ccccc2[n+]1[O-]. The van der Waals surface area contributed by atoms with Crippen molar-refractivity contribution in [1.29, 1.82) is 0 Å². The Bertz CT molecular complexity index is 442. The summed E-state index contributed by atoms with van der Waals surface area (Å²) < 4.78 is 1.92. The number of hydrogen-bond acceptors (Lipinski definition) is 1. The molecule has 0 aliphatic heterocycles. The van der Waals surface area contributed by atoms with Crippen molar-refractivity contribution in [3.05, 3.63) is 41.6 Å². The van der Waals surface area contributed by atoms with Crippen molar-refractivity contribution in [2.75, 3.05) is 0 Å². The number of fused-ring (bicyclic) bond motifs is 1. The van der Waals surface area contributed by atoms with Gasteiger partial charge in [0.15, 0.2) is 0 Å². The minimum atomic E-state index is 0.256. The van der Waals surface area contributed by atoms with Gasteiger partial charge < -0.3 is 0 Å². The predicted octanol–water partition coefficient (Wildman–Crippen LogP) is 0.851. The van der Waals surface area contributed by atoms with Crippen molar-refractivity contribution in [1.82, 2.24) is 0 Å². The van der Waals surface area contributed by atoms with Gasteiger partial charge in [0.2, 0.25) is 0 Å². The number of rotatable bonds is 1. The molecule has 2 aromatic rings. The molecular weight excluding hydrogens is 229 g/mol. The molecule has 0 unspecified atom stereocenters. The van der Waals surface area contributed by atoms with Crippen LogP contribution in [0.15, 0.2) is 36.4 Å². The molecule has 1 aromatic heterocycles. The van der Waals surface area contributed by atoms with E-state index in [0.717, 1.165) is 20.2 Å². The summed E-state index contributed by atoms with van der Waals surface area (Å²) in [5, 5.41) is 12.7. The molecule has 0 aliphatic carbocycles. The van der Waals surface area contributed by atoms with Crippen molar-refractivity contribution < 1.29 is 4.73 Å². The van der Waals surface area contributed by atoms with Crippen LogP contribution in [-0.2, 0) is 0 Å². The molecule has 2 rings (SSSR count). The van der Waals surface area contributed by atoms with E-state index in [2.05, 4.69) is 0 Å². The van der Waals surface area contributed by atoms with Gasteiger partial charge >= 0.3 is 82.6 Å². The molecule has 0 saturated heterocycles. The predicted molar refractivity (Wildman–Crippen MR) is 54.2 cm³/mol. The first-order chi connectivity index (χ1) is 6.33. The minimum absolute atomic E-state index is 0.256. The van der Waals surface area contributed by atoms with Crippen LogP contribution >= 0.6 is 0 Å². The van der Waals surface area contributed by atoms with E-state index < -0.39 is 0 Å². The van der Waals surface area contributed by atoms with Gasteiger partial charge in [-0.15, -0.1) is 0 Å². The number of pyridine rings is 1. The van der Waals surface area contributed by atoms with Gasteiger partial charge in [-0.3, -0.25) is 0 Å². The van der Waals surface area contributed by atoms with E-state index in [-0.39, 0.29) is 15.0 Å². The first-order valence-corrected chi connectivity index (χ1v) is 6.55. The summed E-state index contributed by atoms with van der Waals surface area (Å²) in [6, 6.07) is 11.6. The van der Waals surface area contributed by atoms with E-state index in [1.165, 1.54) is 0 Å². The molecule has 0 bridgehead atoms. The molecule has 0 saturated carbocycles. The molecule has 3 heteroatoms. The summed E-state index contributed by atoms with van der Waals surface area (Å²) in [5.41, 5.74) is 0.767. The third kappa shape index (κ3) is 1.41. The van der Waals surface area contributed by atoms with E-state index in [1.54, 1.807) is 0 Å². The van der Waals surface area contributed by atoms with Crippen molar-refractivity contribution in [3.63, 3.8) is 0 Å². The molecule has 0 radical (unpaired) electrons. The van der Waals surface area contributed by atoms with Gasteiger partial charge in [-0.2, -0.15) is 0 Å². The zero-order valence-corrected chi connectivity index (χ0v) is 8.94. The van der Waals surface area contributed by atoms with Crippen LogP contribution in [0.3, 0.4) is 0 Å². The Morgan fingerprint density at radius 2 is 1.92 bits per heavy atom. The van der Waals surface area contributed by atoms with Crippen LogP contribution in [0.4, 0.5) is 0 Å². The normalized spacial score (nSPS) is 10.5. The fraction of sp³-hybridized carbons (Fsp3) is 0.100. The van der Waals surface area contributed by atoms with Crippen LogP contribution in [0.5, 0.6) is 0 Å². The van der Waals surface area contributed by atoms with Gasteiger partial charge in [-0.25, -0.2) is 0 Å². The maximum absolute atomic E-state index is 11.7. The molecule has 0 amide bonds. The fourth-order valence-electron chi connectivity index (χ4n) is 1.31. The summed E-state index contributed by atoms with van der Waals surface area (Å²) >= 11 is 0.256. The number of benzene rings is 1. The average molecular weight is 238 g/mol. The summed E-state index contributed by atoms with van der Waals surface area (Å²) in [5.74, 6) is 2.05. The molecule has 0 spiro atoms. The van der Waals surface area contributed by atoms with Crippen molar-refractivity contribution in [2.24, 2.45) is 0 Å². The molecule has 0 fully saturated rings. The number of hydrogen-bond donors (Lipinski definition) is 0. The van der Waals surface area contributed by atoms with Crippen LogP contribution in [0, 0.1) is 5.21 Å². The van der Waals surface area contributed by atoms with Crippen LogP contribution in [-0.4, -0.2) is 15.0 Å². The van der Waals surface area contributed by atoms with Crippen molar-refractivity contribution >= 4 is 30.5 Å². The molecule has 66 valence electrons. The van der Waals surface area contributed by atoms with Crippen molar-refractivity contribution in [3.8, 4) is 0 Å². The Hall–Kier alpha value is -1.05. The van der Waals surface area contributed by atoms with Crippen molar-refractivity contribution in [2.45, 2.75) is 5.82 Å². The fourth-order valence-corrected chi connectivity index (χ4v) is 2.29. The monoisotopic (exact) mass is 239 g/mol.